The maximum Gasteiger partial charge on any atom is 0.250 e. The molecule has 0 aliphatic carbocycles. The van der Waals surface area contributed by atoms with Crippen LogP contribution in [-0.4, -0.2) is 21.1 Å². The van der Waals surface area contributed by atoms with Gasteiger partial charge in [0.2, 0.25) is 5.95 Å². The Morgan fingerprint density at radius 1 is 1.17 bits per heavy atom. The van der Waals surface area contributed by atoms with Gasteiger partial charge in [-0.3, -0.25) is 15.2 Å². The third kappa shape index (κ3) is 3.94. The maximum atomic E-state index is 12.8. The molecular formula is C17H12BrFN4O. The molecule has 0 saturated heterocycles. The molecule has 0 atom stereocenters. The predicted molar refractivity (Wildman–Crippen MR) is 93.6 cm³/mol. The van der Waals surface area contributed by atoms with Crippen LogP contribution in [0.5, 0.6) is 0 Å². The van der Waals surface area contributed by atoms with Gasteiger partial charge < -0.3 is 0 Å². The van der Waals surface area contributed by atoms with Crippen molar-refractivity contribution >= 4 is 33.9 Å². The van der Waals surface area contributed by atoms with Crippen molar-refractivity contribution in [3.63, 3.8) is 0 Å². The quantitative estimate of drug-likeness (QED) is 0.665. The zero-order chi connectivity index (χ0) is 16.9. The number of H-pyrrole nitrogens is 1. The Bertz CT molecular complexity index is 890. The van der Waals surface area contributed by atoms with E-state index in [9.17, 15) is 9.18 Å². The van der Waals surface area contributed by atoms with Crippen LogP contribution in [0.4, 0.5) is 10.3 Å². The molecule has 3 rings (SSSR count). The van der Waals surface area contributed by atoms with Gasteiger partial charge in [0.05, 0.1) is 0 Å². The Hall–Kier alpha value is -2.80. The first-order valence-corrected chi connectivity index (χ1v) is 7.83. The summed E-state index contributed by atoms with van der Waals surface area (Å²) < 4.78 is 13.7. The number of hydrogen-bond donors (Lipinski definition) is 2. The molecule has 1 aromatic heterocycles. The summed E-state index contributed by atoms with van der Waals surface area (Å²) in [6.45, 7) is 0. The molecule has 7 heteroatoms. The summed E-state index contributed by atoms with van der Waals surface area (Å²) in [7, 11) is 0. The highest BCUT2D eigenvalue weighted by atomic mass is 79.9. The van der Waals surface area contributed by atoms with Gasteiger partial charge in [0.1, 0.15) is 5.82 Å². The highest BCUT2D eigenvalue weighted by Crippen LogP contribution is 2.25. The lowest BCUT2D eigenvalue weighted by Gasteiger charge is -1.98. The smallest absolute Gasteiger partial charge is 0.250 e. The van der Waals surface area contributed by atoms with E-state index in [1.807, 2.05) is 24.3 Å². The fourth-order valence-electron chi connectivity index (χ4n) is 1.99. The summed E-state index contributed by atoms with van der Waals surface area (Å²) in [4.78, 5) is 16.1. The number of hydrogen-bond acceptors (Lipinski definition) is 3. The fraction of sp³-hybridized carbons (Fsp3) is 0. The number of anilines is 1. The summed E-state index contributed by atoms with van der Waals surface area (Å²) in [5.41, 5.74) is 1.56. The highest BCUT2D eigenvalue weighted by Gasteiger charge is 2.09. The van der Waals surface area contributed by atoms with Crippen molar-refractivity contribution in [1.82, 2.24) is 15.2 Å². The SMILES string of the molecule is O=C(/C=C/c1ccc(F)cc1)Nc1n[nH]c(-c2ccccc2Br)n1. The molecule has 0 spiro atoms. The number of carbonyl (C=O) groups is 1. The van der Waals surface area contributed by atoms with Gasteiger partial charge in [0, 0.05) is 16.1 Å². The lowest BCUT2D eigenvalue weighted by atomic mass is 10.2. The molecule has 1 heterocycles. The first-order chi connectivity index (χ1) is 11.6. The van der Waals surface area contributed by atoms with Crippen LogP contribution in [0.3, 0.4) is 0 Å². The van der Waals surface area contributed by atoms with Gasteiger partial charge in [0.25, 0.3) is 5.91 Å². The van der Waals surface area contributed by atoms with Gasteiger partial charge in [-0.15, -0.1) is 5.10 Å². The van der Waals surface area contributed by atoms with E-state index in [0.717, 1.165) is 15.6 Å². The van der Waals surface area contributed by atoms with E-state index in [2.05, 4.69) is 36.4 Å². The monoisotopic (exact) mass is 386 g/mol. The van der Waals surface area contributed by atoms with Gasteiger partial charge in [-0.05, 0) is 29.8 Å². The van der Waals surface area contributed by atoms with Crippen LogP contribution < -0.4 is 5.32 Å². The Morgan fingerprint density at radius 3 is 2.67 bits per heavy atom. The second-order valence-electron chi connectivity index (χ2n) is 4.86. The van der Waals surface area contributed by atoms with Crippen LogP contribution in [0.15, 0.2) is 59.1 Å². The summed E-state index contributed by atoms with van der Waals surface area (Å²) in [5, 5.41) is 9.31. The van der Waals surface area contributed by atoms with Gasteiger partial charge in [-0.2, -0.15) is 4.98 Å². The number of amides is 1. The van der Waals surface area contributed by atoms with Crippen molar-refractivity contribution in [3.05, 3.63) is 70.5 Å². The molecule has 0 bridgehead atoms. The van der Waals surface area contributed by atoms with Crippen molar-refractivity contribution < 1.29 is 9.18 Å². The summed E-state index contributed by atoms with van der Waals surface area (Å²) in [5.74, 6) is 0.0173. The lowest BCUT2D eigenvalue weighted by Crippen LogP contribution is -2.09. The van der Waals surface area contributed by atoms with Crippen LogP contribution in [-0.2, 0) is 4.79 Å². The van der Waals surface area contributed by atoms with E-state index in [0.29, 0.717) is 5.82 Å². The summed E-state index contributed by atoms with van der Waals surface area (Å²) >= 11 is 3.44. The van der Waals surface area contributed by atoms with E-state index >= 15 is 0 Å². The van der Waals surface area contributed by atoms with Crippen LogP contribution in [0, 0.1) is 5.82 Å². The van der Waals surface area contributed by atoms with Crippen LogP contribution >= 0.6 is 15.9 Å². The third-order valence-electron chi connectivity index (χ3n) is 3.15. The lowest BCUT2D eigenvalue weighted by molar-refractivity contribution is -0.111. The molecule has 1 amide bonds. The number of nitrogens with one attached hydrogen (secondary N) is 2. The number of rotatable bonds is 4. The molecule has 2 aromatic carbocycles. The average molecular weight is 387 g/mol. The second kappa shape index (κ2) is 7.18. The molecule has 0 fully saturated rings. The Balaban J connectivity index is 1.67. The molecule has 0 radical (unpaired) electrons. The second-order valence-corrected chi connectivity index (χ2v) is 5.72. The predicted octanol–water partition coefficient (Wildman–Crippen LogP) is 4.03. The van der Waals surface area contributed by atoms with E-state index in [1.54, 1.807) is 18.2 Å². The minimum Gasteiger partial charge on any atom is -0.290 e. The van der Waals surface area contributed by atoms with E-state index in [4.69, 9.17) is 0 Å². The average Bonchev–Trinajstić information content (AvgIpc) is 3.03. The Kier molecular flexibility index (Phi) is 4.81. The number of halogens is 2. The van der Waals surface area contributed by atoms with E-state index in [-0.39, 0.29) is 17.7 Å². The molecule has 120 valence electrons. The van der Waals surface area contributed by atoms with Gasteiger partial charge in [-0.1, -0.05) is 46.3 Å². The molecule has 3 aromatic rings. The fourth-order valence-corrected chi connectivity index (χ4v) is 2.46. The zero-order valence-corrected chi connectivity index (χ0v) is 13.9. The molecule has 0 aliphatic rings. The zero-order valence-electron chi connectivity index (χ0n) is 12.3. The maximum absolute atomic E-state index is 12.8. The van der Waals surface area contributed by atoms with Crippen molar-refractivity contribution in [2.24, 2.45) is 0 Å². The summed E-state index contributed by atoms with van der Waals surface area (Å²) in [6, 6.07) is 13.4. The molecule has 2 N–H and O–H groups in total. The molecule has 0 aliphatic heterocycles. The summed E-state index contributed by atoms with van der Waals surface area (Å²) in [6.07, 6.45) is 2.91. The Morgan fingerprint density at radius 2 is 1.92 bits per heavy atom. The van der Waals surface area contributed by atoms with Crippen LogP contribution in [0.2, 0.25) is 0 Å². The van der Waals surface area contributed by atoms with Gasteiger partial charge >= 0.3 is 0 Å². The molecule has 0 saturated carbocycles. The largest absolute Gasteiger partial charge is 0.290 e. The minimum atomic E-state index is -0.378. The van der Waals surface area contributed by atoms with Crippen molar-refractivity contribution in [2.45, 2.75) is 0 Å². The molecular weight excluding hydrogens is 375 g/mol. The first kappa shape index (κ1) is 16.1. The van der Waals surface area contributed by atoms with Crippen LogP contribution in [0.25, 0.3) is 17.5 Å². The number of benzene rings is 2. The first-order valence-electron chi connectivity index (χ1n) is 7.04. The number of nitrogens with zero attached hydrogens (tertiary/aromatic N) is 2. The van der Waals surface area contributed by atoms with Crippen molar-refractivity contribution in [3.8, 4) is 11.4 Å². The third-order valence-corrected chi connectivity index (χ3v) is 3.84. The topological polar surface area (TPSA) is 70.7 Å². The highest BCUT2D eigenvalue weighted by molar-refractivity contribution is 9.10. The number of aromatic nitrogens is 3. The van der Waals surface area contributed by atoms with E-state index < -0.39 is 0 Å². The van der Waals surface area contributed by atoms with Crippen LogP contribution in [0.1, 0.15) is 5.56 Å². The van der Waals surface area contributed by atoms with Crippen molar-refractivity contribution in [2.75, 3.05) is 5.32 Å². The normalized spacial score (nSPS) is 10.9. The molecule has 5 nitrogen and oxygen atoms in total. The molecule has 0 unspecified atom stereocenters. The Labute approximate surface area is 145 Å². The number of aromatic amines is 1. The van der Waals surface area contributed by atoms with E-state index in [1.165, 1.54) is 18.2 Å². The van der Waals surface area contributed by atoms with Gasteiger partial charge in [0.15, 0.2) is 5.82 Å². The van der Waals surface area contributed by atoms with Gasteiger partial charge in [-0.25, -0.2) is 4.39 Å². The number of carbonyl (C=O) groups excluding carboxylic acids is 1. The standard InChI is InChI=1S/C17H12BrFN4O/c18-14-4-2-1-3-13(14)16-21-17(23-22-16)20-15(24)10-7-11-5-8-12(19)9-6-11/h1-10H,(H2,20,21,22,23,24)/b10-7+. The van der Waals surface area contributed by atoms with Crippen molar-refractivity contribution in [1.29, 1.82) is 0 Å². The molecule has 24 heavy (non-hydrogen) atoms. The minimum absolute atomic E-state index is 0.175.